The van der Waals surface area contributed by atoms with Crippen molar-refractivity contribution in [3.8, 4) is 0 Å². The molecule has 1 aliphatic rings. The molecule has 3 rings (SSSR count). The lowest BCUT2D eigenvalue weighted by molar-refractivity contribution is 0.102. The van der Waals surface area contributed by atoms with E-state index in [1.807, 2.05) is 6.92 Å². The lowest BCUT2D eigenvalue weighted by Gasteiger charge is -2.35. The minimum absolute atomic E-state index is 0.314. The average molecular weight is 393 g/mol. The van der Waals surface area contributed by atoms with Crippen LogP contribution in [0.1, 0.15) is 48.8 Å². The summed E-state index contributed by atoms with van der Waals surface area (Å²) in [5.74, 6) is 0.315. The fourth-order valence-electron chi connectivity index (χ4n) is 3.26. The van der Waals surface area contributed by atoms with Gasteiger partial charge in [0.2, 0.25) is 5.95 Å². The van der Waals surface area contributed by atoms with Crippen molar-refractivity contribution >= 4 is 40.7 Å². The first-order valence-corrected chi connectivity index (χ1v) is 9.62. The van der Waals surface area contributed by atoms with Crippen LogP contribution in [0.3, 0.4) is 0 Å². The van der Waals surface area contributed by atoms with Crippen molar-refractivity contribution in [2.24, 2.45) is 0 Å². The van der Waals surface area contributed by atoms with Crippen molar-refractivity contribution in [3.63, 3.8) is 0 Å². The van der Waals surface area contributed by atoms with E-state index in [1.54, 1.807) is 24.3 Å². The molecular formula is C19H22Cl2N4O. The first-order valence-electron chi connectivity index (χ1n) is 8.86. The number of nitrogens with one attached hydrogen (secondary N) is 1. The summed E-state index contributed by atoms with van der Waals surface area (Å²) in [6, 6.07) is 7.06. The lowest BCUT2D eigenvalue weighted by atomic mass is 10.0. The molecule has 7 heteroatoms. The molecule has 1 amide bonds. The first-order chi connectivity index (χ1) is 12.5. The number of anilines is 2. The molecule has 0 radical (unpaired) electrons. The summed E-state index contributed by atoms with van der Waals surface area (Å²) >= 11 is 12.0. The number of nitrogens with zero attached hydrogens (tertiary/aromatic N) is 3. The van der Waals surface area contributed by atoms with Gasteiger partial charge in [0.05, 0.1) is 10.7 Å². The Labute approximate surface area is 163 Å². The molecule has 0 saturated carbocycles. The van der Waals surface area contributed by atoms with Crippen molar-refractivity contribution in [3.05, 3.63) is 45.7 Å². The SMILES string of the molecule is CCC1CCCCN1c1nc(C)cc(C(=O)Nc2ccc(Cl)cc2Cl)n1. The van der Waals surface area contributed by atoms with Crippen molar-refractivity contribution in [1.82, 2.24) is 9.97 Å². The second-order valence-electron chi connectivity index (χ2n) is 6.52. The largest absolute Gasteiger partial charge is 0.338 e. The van der Waals surface area contributed by atoms with Crippen LogP contribution in [0.5, 0.6) is 0 Å². The molecule has 0 spiro atoms. The minimum Gasteiger partial charge on any atom is -0.338 e. The highest BCUT2D eigenvalue weighted by Gasteiger charge is 2.24. The highest BCUT2D eigenvalue weighted by Crippen LogP contribution is 2.27. The van der Waals surface area contributed by atoms with Crippen molar-refractivity contribution in [1.29, 1.82) is 0 Å². The first kappa shape index (κ1) is 18.9. The molecule has 2 aromatic rings. The summed E-state index contributed by atoms with van der Waals surface area (Å²) in [4.78, 5) is 24.0. The fourth-order valence-corrected chi connectivity index (χ4v) is 3.72. The number of aryl methyl sites for hydroxylation is 1. The summed E-state index contributed by atoms with van der Waals surface area (Å²) in [5.41, 5.74) is 1.60. The maximum Gasteiger partial charge on any atom is 0.274 e. The number of hydrogen-bond acceptors (Lipinski definition) is 4. The zero-order valence-electron chi connectivity index (χ0n) is 14.9. The van der Waals surface area contributed by atoms with E-state index in [0.29, 0.717) is 33.4 Å². The van der Waals surface area contributed by atoms with Crippen molar-refractivity contribution in [2.75, 3.05) is 16.8 Å². The summed E-state index contributed by atoms with van der Waals surface area (Å²) in [6.07, 6.45) is 4.52. The van der Waals surface area contributed by atoms with E-state index in [1.165, 1.54) is 6.42 Å². The number of benzene rings is 1. The van der Waals surface area contributed by atoms with Gasteiger partial charge in [-0.2, -0.15) is 0 Å². The topological polar surface area (TPSA) is 58.1 Å². The molecule has 0 bridgehead atoms. The number of hydrogen-bond donors (Lipinski definition) is 1. The van der Waals surface area contributed by atoms with Crippen LogP contribution >= 0.6 is 23.2 Å². The number of rotatable bonds is 4. The van der Waals surface area contributed by atoms with Gasteiger partial charge in [0.25, 0.3) is 5.91 Å². The molecule has 0 aliphatic carbocycles. The lowest BCUT2D eigenvalue weighted by Crippen LogP contribution is -2.40. The smallest absolute Gasteiger partial charge is 0.274 e. The molecule has 26 heavy (non-hydrogen) atoms. The Morgan fingerprint density at radius 3 is 2.81 bits per heavy atom. The number of piperidine rings is 1. The van der Waals surface area contributed by atoms with Crippen molar-refractivity contribution in [2.45, 2.75) is 45.6 Å². The van der Waals surface area contributed by atoms with Crippen LogP contribution in [0.25, 0.3) is 0 Å². The molecule has 138 valence electrons. The van der Waals surface area contributed by atoms with E-state index in [0.717, 1.165) is 31.5 Å². The van der Waals surface area contributed by atoms with E-state index in [-0.39, 0.29) is 5.91 Å². The van der Waals surface area contributed by atoms with E-state index in [4.69, 9.17) is 23.2 Å². The molecule has 5 nitrogen and oxygen atoms in total. The third kappa shape index (κ3) is 4.27. The van der Waals surface area contributed by atoms with Gasteiger partial charge in [-0.15, -0.1) is 0 Å². The molecule has 1 atom stereocenters. The third-order valence-corrected chi connectivity index (χ3v) is 5.16. The minimum atomic E-state index is -0.314. The van der Waals surface area contributed by atoms with Gasteiger partial charge in [-0.05, 0) is 56.9 Å². The molecule has 1 saturated heterocycles. The maximum absolute atomic E-state index is 12.7. The molecular weight excluding hydrogens is 371 g/mol. The van der Waals surface area contributed by atoms with Crippen LogP contribution in [-0.4, -0.2) is 28.5 Å². The second kappa shape index (κ2) is 8.23. The van der Waals surface area contributed by atoms with Gasteiger partial charge in [0, 0.05) is 23.3 Å². The highest BCUT2D eigenvalue weighted by atomic mass is 35.5. The number of carbonyl (C=O) groups is 1. The summed E-state index contributed by atoms with van der Waals surface area (Å²) in [5, 5.41) is 3.70. The average Bonchev–Trinajstić information content (AvgIpc) is 2.63. The maximum atomic E-state index is 12.7. The van der Waals surface area contributed by atoms with Gasteiger partial charge in [0.1, 0.15) is 5.69 Å². The zero-order chi connectivity index (χ0) is 18.7. The number of halogens is 2. The Morgan fingerprint density at radius 2 is 2.08 bits per heavy atom. The molecule has 1 N–H and O–H groups in total. The Kier molecular flexibility index (Phi) is 5.99. The van der Waals surface area contributed by atoms with E-state index in [2.05, 4.69) is 27.1 Å². The van der Waals surface area contributed by atoms with Crippen LogP contribution < -0.4 is 10.2 Å². The van der Waals surface area contributed by atoms with Crippen LogP contribution in [0.2, 0.25) is 10.0 Å². The Bertz CT molecular complexity index is 812. The van der Waals surface area contributed by atoms with Gasteiger partial charge in [-0.25, -0.2) is 9.97 Å². The Morgan fingerprint density at radius 1 is 1.27 bits per heavy atom. The van der Waals surface area contributed by atoms with Crippen LogP contribution in [-0.2, 0) is 0 Å². The third-order valence-electron chi connectivity index (χ3n) is 4.61. The van der Waals surface area contributed by atoms with Crippen LogP contribution in [0.15, 0.2) is 24.3 Å². The van der Waals surface area contributed by atoms with Gasteiger partial charge in [0.15, 0.2) is 0 Å². The van der Waals surface area contributed by atoms with E-state index in [9.17, 15) is 4.79 Å². The molecule has 2 heterocycles. The monoisotopic (exact) mass is 392 g/mol. The fraction of sp³-hybridized carbons (Fsp3) is 0.421. The van der Waals surface area contributed by atoms with Gasteiger partial charge < -0.3 is 10.2 Å². The van der Waals surface area contributed by atoms with Crippen LogP contribution in [0, 0.1) is 6.92 Å². The molecule has 1 unspecified atom stereocenters. The normalized spacial score (nSPS) is 17.2. The number of aromatic nitrogens is 2. The highest BCUT2D eigenvalue weighted by molar-refractivity contribution is 6.36. The van der Waals surface area contributed by atoms with Crippen molar-refractivity contribution < 1.29 is 4.79 Å². The summed E-state index contributed by atoms with van der Waals surface area (Å²) in [6.45, 7) is 4.98. The number of carbonyl (C=O) groups excluding carboxylic acids is 1. The molecule has 1 aromatic heterocycles. The quantitative estimate of drug-likeness (QED) is 0.784. The van der Waals surface area contributed by atoms with E-state index >= 15 is 0 Å². The summed E-state index contributed by atoms with van der Waals surface area (Å²) < 4.78 is 0. The van der Waals surface area contributed by atoms with Gasteiger partial charge in [-0.3, -0.25) is 4.79 Å². The molecule has 1 aliphatic heterocycles. The Balaban J connectivity index is 1.85. The van der Waals surface area contributed by atoms with Gasteiger partial charge >= 0.3 is 0 Å². The predicted octanol–water partition coefficient (Wildman–Crippen LogP) is 5.11. The summed E-state index contributed by atoms with van der Waals surface area (Å²) in [7, 11) is 0. The van der Waals surface area contributed by atoms with Crippen LogP contribution in [0.4, 0.5) is 11.6 Å². The van der Waals surface area contributed by atoms with E-state index < -0.39 is 0 Å². The van der Waals surface area contributed by atoms with Gasteiger partial charge in [-0.1, -0.05) is 30.1 Å². The number of amides is 1. The Hall–Kier alpha value is -1.85. The zero-order valence-corrected chi connectivity index (χ0v) is 16.4. The molecule has 1 aromatic carbocycles. The molecule has 1 fully saturated rings. The second-order valence-corrected chi connectivity index (χ2v) is 7.37. The predicted molar refractivity (Wildman–Crippen MR) is 106 cm³/mol. The standard InChI is InChI=1S/C19H22Cl2N4O/c1-3-14-6-4-5-9-25(14)19-22-12(2)10-17(24-19)18(26)23-16-8-7-13(20)11-15(16)21/h7-8,10-11,14H,3-6,9H2,1-2H3,(H,23,26).